The third-order valence-corrected chi connectivity index (χ3v) is 8.25. The highest BCUT2D eigenvalue weighted by Gasteiger charge is 2.50. The molecule has 2 bridgehead atoms. The maximum absolute atomic E-state index is 12.7. The van der Waals surface area contributed by atoms with E-state index in [1.165, 1.54) is 11.1 Å². The molecule has 0 amide bonds. The highest BCUT2D eigenvalue weighted by Crippen LogP contribution is 2.53. The summed E-state index contributed by atoms with van der Waals surface area (Å²) in [5.41, 5.74) is 4.04. The largest absolute Gasteiger partial charge is 0.509 e. The number of aromatic nitrogens is 2. The van der Waals surface area contributed by atoms with Crippen LogP contribution in [0.2, 0.25) is 0 Å². The molecule has 0 saturated heterocycles. The van der Waals surface area contributed by atoms with E-state index in [2.05, 4.69) is 53.3 Å². The first-order valence-electron chi connectivity index (χ1n) is 14.2. The van der Waals surface area contributed by atoms with Crippen LogP contribution in [0.4, 0.5) is 4.79 Å². The number of ether oxygens (including phenoxy) is 3. The summed E-state index contributed by atoms with van der Waals surface area (Å²) >= 11 is 0. The number of aryl methyl sites for hydroxylation is 1. The minimum absolute atomic E-state index is 0.191. The third kappa shape index (κ3) is 6.14. The van der Waals surface area contributed by atoms with Gasteiger partial charge in [-0.2, -0.15) is 0 Å². The number of nitrogens with one attached hydrogen (secondary N) is 1. The first-order valence-corrected chi connectivity index (χ1v) is 14.2. The minimum atomic E-state index is -0.546. The molecule has 0 radical (unpaired) electrons. The standard InChI is InChI=1S/C32H41N3O4/c1-22(2)38-31(36)39-32(21-24-15-16-25(32)20-26(24)23-10-6-5-7-11-23)17-19-35(3)18-9-14-29-33-27-12-8-13-28(37-4)30(27)34-29/h5-8,10-13,20,22,24-25H,9,14-19,21H2,1-4H3,(H,33,34)/t24-,25-,32+/m1/s1. The lowest BCUT2D eigenvalue weighted by Crippen LogP contribution is -2.51. The Morgan fingerprint density at radius 3 is 2.67 bits per heavy atom. The van der Waals surface area contributed by atoms with E-state index in [1.54, 1.807) is 7.11 Å². The van der Waals surface area contributed by atoms with Gasteiger partial charge >= 0.3 is 6.16 Å². The first kappa shape index (κ1) is 27.3. The molecule has 1 saturated carbocycles. The summed E-state index contributed by atoms with van der Waals surface area (Å²) in [5.74, 6) is 2.35. The van der Waals surface area contributed by atoms with Gasteiger partial charge in [-0.1, -0.05) is 42.5 Å². The van der Waals surface area contributed by atoms with Crippen molar-refractivity contribution in [2.24, 2.45) is 11.8 Å². The summed E-state index contributed by atoms with van der Waals surface area (Å²) in [6.07, 6.45) is 7.28. The zero-order valence-corrected chi connectivity index (χ0v) is 23.6. The van der Waals surface area contributed by atoms with Gasteiger partial charge in [0.1, 0.15) is 22.7 Å². The van der Waals surface area contributed by atoms with Gasteiger partial charge in [-0.25, -0.2) is 9.78 Å². The van der Waals surface area contributed by atoms with Gasteiger partial charge in [0.25, 0.3) is 0 Å². The molecule has 3 aromatic rings. The van der Waals surface area contributed by atoms with E-state index in [1.807, 2.05) is 32.0 Å². The Kier molecular flexibility index (Phi) is 8.26. The number of methoxy groups -OCH3 is 1. The molecule has 39 heavy (non-hydrogen) atoms. The first-order chi connectivity index (χ1) is 18.9. The fourth-order valence-corrected chi connectivity index (χ4v) is 6.32. The average molecular weight is 532 g/mol. The Morgan fingerprint density at radius 2 is 1.95 bits per heavy atom. The summed E-state index contributed by atoms with van der Waals surface area (Å²) in [5, 5.41) is 0. The number of imidazole rings is 1. The van der Waals surface area contributed by atoms with Crippen molar-refractivity contribution in [3.63, 3.8) is 0 Å². The molecule has 3 atom stereocenters. The van der Waals surface area contributed by atoms with E-state index >= 15 is 0 Å². The second kappa shape index (κ2) is 11.8. The van der Waals surface area contributed by atoms with Crippen LogP contribution in [-0.2, 0) is 15.9 Å². The lowest BCUT2D eigenvalue weighted by atomic mass is 9.61. The van der Waals surface area contributed by atoms with Crippen LogP contribution in [0.3, 0.4) is 0 Å². The number of hydrogen-bond acceptors (Lipinski definition) is 6. The van der Waals surface area contributed by atoms with Crippen molar-refractivity contribution >= 4 is 22.8 Å². The molecule has 2 aromatic carbocycles. The molecule has 1 aromatic heterocycles. The van der Waals surface area contributed by atoms with Crippen molar-refractivity contribution < 1.29 is 19.0 Å². The van der Waals surface area contributed by atoms with Crippen LogP contribution in [0.25, 0.3) is 16.6 Å². The predicted octanol–water partition coefficient (Wildman–Crippen LogP) is 6.64. The number of fused-ring (bicyclic) bond motifs is 3. The highest BCUT2D eigenvalue weighted by molar-refractivity contribution is 5.81. The predicted molar refractivity (Wildman–Crippen MR) is 154 cm³/mol. The van der Waals surface area contributed by atoms with Crippen molar-refractivity contribution in [1.82, 2.24) is 14.9 Å². The van der Waals surface area contributed by atoms with Crippen molar-refractivity contribution in [2.75, 3.05) is 27.2 Å². The molecule has 7 heteroatoms. The maximum atomic E-state index is 12.7. The summed E-state index contributed by atoms with van der Waals surface area (Å²) < 4.78 is 17.1. The van der Waals surface area contributed by atoms with Gasteiger partial charge < -0.3 is 24.1 Å². The summed E-state index contributed by atoms with van der Waals surface area (Å²) in [6.45, 7) is 5.50. The van der Waals surface area contributed by atoms with Gasteiger partial charge in [0.05, 0.1) is 18.7 Å². The van der Waals surface area contributed by atoms with Gasteiger partial charge in [-0.05, 0) is 82.3 Å². The molecular weight excluding hydrogens is 490 g/mol. The molecule has 7 nitrogen and oxygen atoms in total. The number of carbonyl (C=O) groups is 1. The number of benzene rings is 2. The third-order valence-electron chi connectivity index (χ3n) is 8.25. The molecule has 208 valence electrons. The van der Waals surface area contributed by atoms with E-state index in [4.69, 9.17) is 19.2 Å². The molecule has 0 aliphatic heterocycles. The number of H-pyrrole nitrogens is 1. The molecule has 3 aliphatic carbocycles. The van der Waals surface area contributed by atoms with Gasteiger partial charge in [0.2, 0.25) is 0 Å². The molecule has 1 heterocycles. The van der Waals surface area contributed by atoms with E-state index in [0.717, 1.165) is 74.2 Å². The minimum Gasteiger partial charge on any atom is -0.494 e. The quantitative estimate of drug-likeness (QED) is 0.280. The second-order valence-corrected chi connectivity index (χ2v) is 11.4. The van der Waals surface area contributed by atoms with Crippen LogP contribution in [0.15, 0.2) is 54.6 Å². The molecule has 0 spiro atoms. The normalized spacial score (nSPS) is 22.4. The van der Waals surface area contributed by atoms with Crippen LogP contribution in [-0.4, -0.2) is 60.0 Å². The Bertz CT molecular complexity index is 1300. The number of rotatable bonds is 11. The number of hydrogen-bond donors (Lipinski definition) is 1. The fourth-order valence-electron chi connectivity index (χ4n) is 6.32. The van der Waals surface area contributed by atoms with E-state index in [-0.39, 0.29) is 12.0 Å². The smallest absolute Gasteiger partial charge is 0.494 e. The molecule has 1 N–H and O–H groups in total. The Morgan fingerprint density at radius 1 is 1.13 bits per heavy atom. The summed E-state index contributed by atoms with van der Waals surface area (Å²) in [6, 6.07) is 16.6. The number of nitrogens with zero attached hydrogens (tertiary/aromatic N) is 2. The number of carbonyl (C=O) groups excluding carboxylic acids is 1. The SMILES string of the molecule is COc1cccc2[nH]c(CCCN(C)CC[C@]3(OC(=O)OC(C)C)C[C@H]4CC[C@@H]3C=C4c3ccccc3)nc12. The van der Waals surface area contributed by atoms with Crippen LogP contribution in [0, 0.1) is 11.8 Å². The number of aromatic amines is 1. The second-order valence-electron chi connectivity index (χ2n) is 11.4. The van der Waals surface area contributed by atoms with Gasteiger partial charge in [-0.15, -0.1) is 0 Å². The van der Waals surface area contributed by atoms with Crippen LogP contribution >= 0.6 is 0 Å². The van der Waals surface area contributed by atoms with Gasteiger partial charge in [-0.3, -0.25) is 0 Å². The lowest BCUT2D eigenvalue weighted by molar-refractivity contribution is -0.0991. The van der Waals surface area contributed by atoms with Crippen LogP contribution in [0.5, 0.6) is 5.75 Å². The summed E-state index contributed by atoms with van der Waals surface area (Å²) in [4.78, 5) is 23.3. The van der Waals surface area contributed by atoms with Crippen molar-refractivity contribution in [2.45, 2.75) is 64.1 Å². The molecule has 6 rings (SSSR count). The zero-order valence-electron chi connectivity index (χ0n) is 23.6. The van der Waals surface area contributed by atoms with E-state index < -0.39 is 11.8 Å². The monoisotopic (exact) mass is 531 g/mol. The topological polar surface area (TPSA) is 76.7 Å². The Labute approximate surface area is 231 Å². The molecular formula is C32H41N3O4. The van der Waals surface area contributed by atoms with Crippen molar-refractivity contribution in [3.05, 3.63) is 66.0 Å². The maximum Gasteiger partial charge on any atom is 0.509 e. The lowest BCUT2D eigenvalue weighted by Gasteiger charge is -2.50. The Balaban J connectivity index is 1.23. The van der Waals surface area contributed by atoms with Gasteiger partial charge in [0, 0.05) is 25.3 Å². The van der Waals surface area contributed by atoms with E-state index in [0.29, 0.717) is 5.92 Å². The van der Waals surface area contributed by atoms with Crippen LogP contribution in [0.1, 0.15) is 57.3 Å². The molecule has 0 unspecified atom stereocenters. The number of para-hydroxylation sites is 1. The number of allylic oxidation sites excluding steroid dienone is 1. The average Bonchev–Trinajstić information content (AvgIpc) is 3.35. The zero-order chi connectivity index (χ0) is 27.4. The molecule has 3 aliphatic rings. The summed E-state index contributed by atoms with van der Waals surface area (Å²) in [7, 11) is 3.82. The fraction of sp³-hybridized carbons (Fsp3) is 0.500. The van der Waals surface area contributed by atoms with E-state index in [9.17, 15) is 4.79 Å². The Hall–Kier alpha value is -3.32. The van der Waals surface area contributed by atoms with Crippen LogP contribution < -0.4 is 4.74 Å². The van der Waals surface area contributed by atoms with Crippen molar-refractivity contribution in [1.29, 1.82) is 0 Å². The van der Waals surface area contributed by atoms with Crippen molar-refractivity contribution in [3.8, 4) is 5.75 Å². The molecule has 1 fully saturated rings. The highest BCUT2D eigenvalue weighted by atomic mass is 16.7. The van der Waals surface area contributed by atoms with Gasteiger partial charge in [0.15, 0.2) is 0 Å².